The number of halogens is 4. The molecule has 13 nitrogen and oxygen atoms in total. The molecule has 2 aliphatic heterocycles. The lowest BCUT2D eigenvalue weighted by Crippen LogP contribution is -2.52. The summed E-state index contributed by atoms with van der Waals surface area (Å²) in [6.07, 6.45) is -0.866. The molecular weight excluding hydrogens is 784 g/mol. The van der Waals surface area contributed by atoms with Crippen molar-refractivity contribution in [2.75, 3.05) is 13.1 Å². The molecule has 2 heterocycles. The number of Topliss-reactive ketones (excluding diaryl/α,β-unsaturated/α-hetero) is 2. The monoisotopic (exact) mass is 802 g/mol. The van der Waals surface area contributed by atoms with E-state index in [2.05, 4.69) is 84.7 Å². The Morgan fingerprint density at radius 2 is 1.36 bits per heavy atom. The number of nitrogens with zero attached hydrogens (tertiary/aromatic N) is 2. The van der Waals surface area contributed by atoms with Crippen molar-refractivity contribution < 1.29 is 44.2 Å². The van der Waals surface area contributed by atoms with Gasteiger partial charge in [-0.15, -0.1) is 0 Å². The van der Waals surface area contributed by atoms with E-state index < -0.39 is 51.0 Å². The van der Waals surface area contributed by atoms with Gasteiger partial charge in [0, 0.05) is 25.9 Å². The number of hydrogen-bond acceptors (Lipinski definition) is 11. The quantitative estimate of drug-likeness (QED) is 0.220. The minimum absolute atomic E-state index is 0.00798. The van der Waals surface area contributed by atoms with Crippen LogP contribution >= 0.6 is 63.7 Å². The van der Waals surface area contributed by atoms with Gasteiger partial charge in [0.05, 0.1) is 15.1 Å². The molecule has 4 aliphatic rings. The zero-order valence-electron chi connectivity index (χ0n) is 19.8. The molecule has 7 unspecified atom stereocenters. The van der Waals surface area contributed by atoms with Gasteiger partial charge in [-0.05, 0) is 50.4 Å². The Hall–Kier alpha value is -1.50. The molecule has 2 spiro atoms. The summed E-state index contributed by atoms with van der Waals surface area (Å²) in [5.74, 6) is -1.91. The molecule has 17 heteroatoms. The molecule has 212 valence electrons. The molecule has 4 rings (SSSR count). The van der Waals surface area contributed by atoms with Crippen LogP contribution in [0.2, 0.25) is 0 Å². The number of aliphatic hydroxyl groups is 3. The van der Waals surface area contributed by atoms with Crippen LogP contribution in [0.15, 0.2) is 31.4 Å². The highest BCUT2D eigenvalue weighted by atomic mass is 79.9. The van der Waals surface area contributed by atoms with Gasteiger partial charge < -0.3 is 35.6 Å². The summed E-state index contributed by atoms with van der Waals surface area (Å²) in [6.45, 7) is -0.108. The van der Waals surface area contributed by atoms with E-state index in [0.29, 0.717) is 0 Å². The zero-order valence-corrected chi connectivity index (χ0v) is 26.1. The second-order valence-corrected chi connectivity index (χ2v) is 13.0. The van der Waals surface area contributed by atoms with Crippen LogP contribution < -0.4 is 10.6 Å². The first-order valence-electron chi connectivity index (χ1n) is 11.5. The normalized spacial score (nSPS) is 34.5. The molecule has 0 fully saturated rings. The number of alkyl halides is 2. The number of allylic oxidation sites excluding steroid dienone is 2. The number of aliphatic hydroxyl groups excluding tert-OH is 3. The smallest absolute Gasteiger partial charge is 0.269 e. The van der Waals surface area contributed by atoms with Crippen LogP contribution in [0, 0.1) is 0 Å². The van der Waals surface area contributed by atoms with E-state index in [-0.39, 0.29) is 64.3 Å². The largest absolute Gasteiger partial charge is 0.391 e. The number of carbonyl (C=O) groups is 4. The van der Waals surface area contributed by atoms with Gasteiger partial charge >= 0.3 is 0 Å². The maximum atomic E-state index is 12.5. The predicted molar refractivity (Wildman–Crippen MR) is 150 cm³/mol. The Labute approximate surface area is 255 Å². The molecule has 7 atom stereocenters. The molecule has 0 aromatic carbocycles. The summed E-state index contributed by atoms with van der Waals surface area (Å²) < 4.78 is 0.389. The molecular formula is C22H22Br4N4O9. The molecule has 0 bridgehead atoms. The fourth-order valence-electron chi connectivity index (χ4n) is 4.30. The van der Waals surface area contributed by atoms with Crippen molar-refractivity contribution in [1.29, 1.82) is 0 Å². The van der Waals surface area contributed by atoms with E-state index in [1.165, 1.54) is 12.2 Å². The van der Waals surface area contributed by atoms with Crippen molar-refractivity contribution in [1.82, 2.24) is 10.6 Å². The Bertz CT molecular complexity index is 1220. The lowest BCUT2D eigenvalue weighted by Gasteiger charge is -2.34. The number of oxime groups is 2. The molecule has 0 aromatic heterocycles. The lowest BCUT2D eigenvalue weighted by molar-refractivity contribution is -0.125. The standard InChI is InChI=1S/C22H22Br4N4O9/c23-9-3-21(17(34)13(25)15(9)32)5-11(29-38-21)19(36)27-2-1-8(31)7-28-20(37)12-6-22(39-30-12)4-10(24)16(33)14(26)18(22)35/h3-4,8,13-14,17-18,31,34-35H,1-2,5-7H2,(H,27,36)(H,28,37). The van der Waals surface area contributed by atoms with Crippen LogP contribution in [0.5, 0.6) is 0 Å². The molecule has 39 heavy (non-hydrogen) atoms. The zero-order chi connectivity index (χ0) is 28.7. The molecule has 2 amide bonds. The third-order valence-corrected chi connectivity index (χ3v) is 9.67. The topological polar surface area (TPSA) is 196 Å². The first-order chi connectivity index (χ1) is 18.3. The molecule has 2 aliphatic carbocycles. The first-order valence-corrected chi connectivity index (χ1v) is 15.0. The van der Waals surface area contributed by atoms with Crippen molar-refractivity contribution in [3.05, 3.63) is 21.1 Å². The van der Waals surface area contributed by atoms with Crippen LogP contribution in [-0.2, 0) is 28.9 Å². The Kier molecular flexibility index (Phi) is 9.20. The van der Waals surface area contributed by atoms with Crippen LogP contribution in [-0.4, -0.2) is 102 Å². The van der Waals surface area contributed by atoms with E-state index in [4.69, 9.17) is 9.68 Å². The Morgan fingerprint density at radius 3 is 1.82 bits per heavy atom. The maximum absolute atomic E-state index is 12.5. The van der Waals surface area contributed by atoms with Crippen molar-refractivity contribution in [2.45, 2.75) is 58.4 Å². The van der Waals surface area contributed by atoms with Gasteiger partial charge in [-0.3, -0.25) is 19.2 Å². The third kappa shape index (κ3) is 5.94. The van der Waals surface area contributed by atoms with Crippen LogP contribution in [0.25, 0.3) is 0 Å². The van der Waals surface area contributed by atoms with Crippen LogP contribution in [0.4, 0.5) is 0 Å². The van der Waals surface area contributed by atoms with Gasteiger partial charge in [-0.25, -0.2) is 0 Å². The molecule has 0 saturated heterocycles. The minimum Gasteiger partial charge on any atom is -0.391 e. The highest BCUT2D eigenvalue weighted by Gasteiger charge is 2.54. The molecule has 0 aromatic rings. The van der Waals surface area contributed by atoms with E-state index >= 15 is 0 Å². The van der Waals surface area contributed by atoms with E-state index in [1.54, 1.807) is 0 Å². The summed E-state index contributed by atoms with van der Waals surface area (Å²) in [5, 5.41) is 43.9. The highest BCUT2D eigenvalue weighted by Crippen LogP contribution is 2.41. The second-order valence-electron chi connectivity index (χ2n) is 9.34. The average Bonchev–Trinajstić information content (AvgIpc) is 3.53. The summed E-state index contributed by atoms with van der Waals surface area (Å²) in [7, 11) is 0. The van der Waals surface area contributed by atoms with E-state index in [9.17, 15) is 34.5 Å². The molecule has 0 saturated carbocycles. The lowest BCUT2D eigenvalue weighted by atomic mass is 9.83. The Morgan fingerprint density at radius 1 is 0.923 bits per heavy atom. The van der Waals surface area contributed by atoms with Crippen LogP contribution in [0.1, 0.15) is 19.3 Å². The number of rotatable bonds is 7. The van der Waals surface area contributed by atoms with Gasteiger partial charge in [0.1, 0.15) is 33.3 Å². The molecule has 5 N–H and O–H groups in total. The number of carbonyl (C=O) groups excluding carboxylic acids is 4. The van der Waals surface area contributed by atoms with Crippen molar-refractivity contribution in [2.24, 2.45) is 10.3 Å². The average molecular weight is 806 g/mol. The van der Waals surface area contributed by atoms with E-state index in [1.807, 2.05) is 0 Å². The first kappa shape index (κ1) is 30.5. The summed E-state index contributed by atoms with van der Waals surface area (Å²) >= 11 is 12.5. The minimum atomic E-state index is -1.38. The number of ketones is 2. The second kappa shape index (κ2) is 11.8. The summed E-state index contributed by atoms with van der Waals surface area (Å²) in [6, 6.07) is 0. The van der Waals surface area contributed by atoms with Gasteiger partial charge in [-0.2, -0.15) is 0 Å². The highest BCUT2D eigenvalue weighted by molar-refractivity contribution is 9.12. The fourth-order valence-corrected chi connectivity index (χ4v) is 7.58. The van der Waals surface area contributed by atoms with Gasteiger partial charge in [0.25, 0.3) is 11.8 Å². The van der Waals surface area contributed by atoms with Crippen molar-refractivity contribution in [3.8, 4) is 0 Å². The maximum Gasteiger partial charge on any atom is 0.269 e. The number of nitrogens with one attached hydrogen (secondary N) is 2. The van der Waals surface area contributed by atoms with Gasteiger partial charge in [0.15, 0.2) is 22.8 Å². The summed E-state index contributed by atoms with van der Waals surface area (Å²) in [5.41, 5.74) is -2.76. The predicted octanol–water partition coefficient (Wildman–Crippen LogP) is -0.0282. The third-order valence-electron chi connectivity index (χ3n) is 6.59. The number of hydrogen-bond donors (Lipinski definition) is 5. The fraction of sp³-hybridized carbons (Fsp3) is 0.545. The van der Waals surface area contributed by atoms with Crippen molar-refractivity contribution >= 4 is 98.5 Å². The van der Waals surface area contributed by atoms with Gasteiger partial charge in [0.2, 0.25) is 0 Å². The van der Waals surface area contributed by atoms with Crippen LogP contribution in [0.3, 0.4) is 0 Å². The van der Waals surface area contributed by atoms with Crippen molar-refractivity contribution in [3.63, 3.8) is 0 Å². The Balaban J connectivity index is 1.21. The van der Waals surface area contributed by atoms with E-state index in [0.717, 1.165) is 0 Å². The summed E-state index contributed by atoms with van der Waals surface area (Å²) in [4.78, 5) is 57.9. The van der Waals surface area contributed by atoms with Gasteiger partial charge in [-0.1, -0.05) is 42.2 Å². The SMILES string of the molecule is O=C(NCCC(O)CNC(=O)C1=NOC2(C=C(Br)C(=O)C(Br)C2O)C1)C1=NOC2(C=C(Br)C(=O)C(Br)C2O)C1. The number of amides is 2. The molecule has 0 radical (unpaired) electrons.